The van der Waals surface area contributed by atoms with Crippen LogP contribution in [-0.4, -0.2) is 27.2 Å². The molecule has 2 aromatic rings. The van der Waals surface area contributed by atoms with Gasteiger partial charge in [-0.3, -0.25) is 4.68 Å². The Morgan fingerprint density at radius 1 is 1.32 bits per heavy atom. The van der Waals surface area contributed by atoms with E-state index in [0.717, 1.165) is 13.1 Å². The lowest BCUT2D eigenvalue weighted by atomic mass is 9.89. The number of hydrogen-bond donors (Lipinski definition) is 0. The van der Waals surface area contributed by atoms with Gasteiger partial charge in [-0.2, -0.15) is 10.4 Å². The van der Waals surface area contributed by atoms with Crippen molar-refractivity contribution in [3.63, 3.8) is 0 Å². The monoisotopic (exact) mass is 312 g/mol. The van der Waals surface area contributed by atoms with E-state index in [1.54, 1.807) is 11.9 Å². The van der Waals surface area contributed by atoms with E-state index in [1.807, 2.05) is 29.1 Å². The van der Waals surface area contributed by atoms with E-state index in [4.69, 9.17) is 0 Å². The average molecular weight is 312 g/mol. The molecule has 1 aromatic heterocycles. The van der Waals surface area contributed by atoms with Gasteiger partial charge < -0.3 is 0 Å². The average Bonchev–Trinajstić information content (AvgIpc) is 2.96. The number of nitriles is 1. The van der Waals surface area contributed by atoms with Crippen LogP contribution in [0.25, 0.3) is 0 Å². The van der Waals surface area contributed by atoms with Crippen LogP contribution in [0.1, 0.15) is 31.7 Å². The molecule has 22 heavy (non-hydrogen) atoms. The number of rotatable bonds is 5. The van der Waals surface area contributed by atoms with Gasteiger partial charge >= 0.3 is 0 Å². The van der Waals surface area contributed by atoms with Crippen molar-refractivity contribution in [1.29, 1.82) is 5.26 Å². The predicted molar refractivity (Wildman–Crippen MR) is 88.4 cm³/mol. The Bertz CT molecular complexity index is 665. The summed E-state index contributed by atoms with van der Waals surface area (Å²) < 4.78 is 4.30. The summed E-state index contributed by atoms with van der Waals surface area (Å²) in [6, 6.07) is 12.7. The minimum absolute atomic E-state index is 0.177. The second kappa shape index (κ2) is 6.15. The van der Waals surface area contributed by atoms with E-state index in [2.05, 4.69) is 47.7 Å². The minimum Gasteiger partial charge on any atom is -0.263 e. The van der Waals surface area contributed by atoms with Crippen molar-refractivity contribution >= 4 is 11.9 Å². The number of aromatic nitrogens is 2. The zero-order valence-electron chi connectivity index (χ0n) is 12.9. The van der Waals surface area contributed by atoms with Gasteiger partial charge in [-0.25, -0.2) is 4.31 Å². The summed E-state index contributed by atoms with van der Waals surface area (Å²) >= 11 is 1.75. The Balaban J connectivity index is 1.71. The Morgan fingerprint density at radius 3 is 2.64 bits per heavy atom. The molecule has 1 aromatic carbocycles. The second-order valence-electron chi connectivity index (χ2n) is 6.13. The van der Waals surface area contributed by atoms with Crippen molar-refractivity contribution in [3.05, 3.63) is 48.3 Å². The molecule has 3 rings (SSSR count). The first kappa shape index (κ1) is 15.1. The maximum atomic E-state index is 9.20. The Morgan fingerprint density at radius 2 is 2.05 bits per heavy atom. The standard InChI is InChI=1S/C17H20N4S/c1-14(2)15-10-19-21(11-15)17(8-9-18)12-20(13-17)22-16-6-4-3-5-7-16/h3-7,10-11,14H,8,12-13H2,1-2H3. The molecule has 0 radical (unpaired) electrons. The molecular formula is C17H20N4S. The molecule has 0 unspecified atom stereocenters. The first-order valence-electron chi connectivity index (χ1n) is 7.53. The summed E-state index contributed by atoms with van der Waals surface area (Å²) in [5.41, 5.74) is 1.05. The molecule has 1 aliphatic rings. The van der Waals surface area contributed by atoms with Crippen LogP contribution in [0.15, 0.2) is 47.6 Å². The second-order valence-corrected chi connectivity index (χ2v) is 7.30. The first-order chi connectivity index (χ1) is 10.6. The highest BCUT2D eigenvalue weighted by Crippen LogP contribution is 2.39. The summed E-state index contributed by atoms with van der Waals surface area (Å²) in [6.45, 7) is 6.02. The van der Waals surface area contributed by atoms with E-state index in [0.29, 0.717) is 12.3 Å². The first-order valence-corrected chi connectivity index (χ1v) is 8.30. The molecule has 2 heterocycles. The van der Waals surface area contributed by atoms with Crippen LogP contribution in [0.3, 0.4) is 0 Å². The van der Waals surface area contributed by atoms with E-state index in [-0.39, 0.29) is 5.54 Å². The highest BCUT2D eigenvalue weighted by atomic mass is 32.2. The fourth-order valence-corrected chi connectivity index (χ4v) is 3.87. The summed E-state index contributed by atoms with van der Waals surface area (Å²) in [5.74, 6) is 0.461. The van der Waals surface area contributed by atoms with E-state index >= 15 is 0 Å². The van der Waals surface area contributed by atoms with Gasteiger partial charge in [0.25, 0.3) is 0 Å². The molecule has 1 saturated heterocycles. The van der Waals surface area contributed by atoms with Crippen molar-refractivity contribution in [2.75, 3.05) is 13.1 Å². The van der Waals surface area contributed by atoms with Gasteiger partial charge in [0.05, 0.1) is 18.7 Å². The van der Waals surface area contributed by atoms with E-state index in [9.17, 15) is 5.26 Å². The molecular weight excluding hydrogens is 292 g/mol. The molecule has 5 heteroatoms. The van der Waals surface area contributed by atoms with Crippen LogP contribution in [0.5, 0.6) is 0 Å². The van der Waals surface area contributed by atoms with Crippen molar-refractivity contribution in [2.45, 2.75) is 36.6 Å². The number of nitrogens with zero attached hydrogens (tertiary/aromatic N) is 4. The summed E-state index contributed by atoms with van der Waals surface area (Å²) in [6.07, 6.45) is 4.53. The number of benzene rings is 1. The lowest BCUT2D eigenvalue weighted by Crippen LogP contribution is -2.59. The fourth-order valence-electron chi connectivity index (χ4n) is 2.68. The highest BCUT2D eigenvalue weighted by Gasteiger charge is 2.46. The Hall–Kier alpha value is -1.77. The van der Waals surface area contributed by atoms with Gasteiger partial charge in [-0.1, -0.05) is 32.0 Å². The zero-order valence-corrected chi connectivity index (χ0v) is 13.8. The van der Waals surface area contributed by atoms with Crippen LogP contribution in [0.2, 0.25) is 0 Å². The normalized spacial score (nSPS) is 17.2. The van der Waals surface area contributed by atoms with Crippen molar-refractivity contribution in [3.8, 4) is 6.07 Å². The molecule has 1 aliphatic heterocycles. The lowest BCUT2D eigenvalue weighted by Gasteiger charge is -2.48. The highest BCUT2D eigenvalue weighted by molar-refractivity contribution is 7.97. The third kappa shape index (κ3) is 2.90. The molecule has 0 atom stereocenters. The molecule has 1 fully saturated rings. The predicted octanol–water partition coefficient (Wildman–Crippen LogP) is 3.64. The van der Waals surface area contributed by atoms with Crippen molar-refractivity contribution in [1.82, 2.24) is 14.1 Å². The van der Waals surface area contributed by atoms with Gasteiger partial charge in [0, 0.05) is 24.2 Å². The third-order valence-electron chi connectivity index (χ3n) is 4.08. The van der Waals surface area contributed by atoms with Gasteiger partial charge in [0.15, 0.2) is 0 Å². The topological polar surface area (TPSA) is 44.9 Å². The van der Waals surface area contributed by atoms with Gasteiger partial charge in [-0.05, 0) is 35.6 Å². The van der Waals surface area contributed by atoms with Crippen LogP contribution >= 0.6 is 11.9 Å². The van der Waals surface area contributed by atoms with Gasteiger partial charge in [0.1, 0.15) is 5.54 Å². The SMILES string of the molecule is CC(C)c1cnn(C2(CC#N)CN(Sc3ccccc3)C2)c1. The van der Waals surface area contributed by atoms with Crippen molar-refractivity contribution < 1.29 is 0 Å². The summed E-state index contributed by atoms with van der Waals surface area (Å²) in [5, 5.41) is 13.7. The molecule has 4 nitrogen and oxygen atoms in total. The molecule has 0 spiro atoms. The molecule has 0 N–H and O–H groups in total. The molecule has 0 saturated carbocycles. The number of hydrogen-bond acceptors (Lipinski definition) is 4. The smallest absolute Gasteiger partial charge is 0.103 e. The maximum Gasteiger partial charge on any atom is 0.103 e. The van der Waals surface area contributed by atoms with Crippen LogP contribution in [0.4, 0.5) is 0 Å². The molecule has 114 valence electrons. The molecule has 0 amide bonds. The largest absolute Gasteiger partial charge is 0.263 e. The van der Waals surface area contributed by atoms with E-state index < -0.39 is 0 Å². The minimum atomic E-state index is -0.177. The zero-order chi connectivity index (χ0) is 15.6. The van der Waals surface area contributed by atoms with Crippen LogP contribution in [-0.2, 0) is 5.54 Å². The fraction of sp³-hybridized carbons (Fsp3) is 0.412. The Labute approximate surface area is 135 Å². The van der Waals surface area contributed by atoms with Gasteiger partial charge in [-0.15, -0.1) is 0 Å². The van der Waals surface area contributed by atoms with Crippen LogP contribution < -0.4 is 0 Å². The molecule has 0 aliphatic carbocycles. The quantitative estimate of drug-likeness (QED) is 0.791. The van der Waals surface area contributed by atoms with Gasteiger partial charge in [0.2, 0.25) is 0 Å². The summed E-state index contributed by atoms with van der Waals surface area (Å²) in [7, 11) is 0. The van der Waals surface area contributed by atoms with Crippen LogP contribution in [0, 0.1) is 11.3 Å². The van der Waals surface area contributed by atoms with Crippen molar-refractivity contribution in [2.24, 2.45) is 0 Å². The third-order valence-corrected chi connectivity index (χ3v) is 5.08. The Kier molecular flexibility index (Phi) is 4.23. The molecule has 0 bridgehead atoms. The maximum absolute atomic E-state index is 9.20. The lowest BCUT2D eigenvalue weighted by molar-refractivity contribution is 0.0810. The summed E-state index contributed by atoms with van der Waals surface area (Å²) in [4.78, 5) is 1.23. The van der Waals surface area contributed by atoms with E-state index in [1.165, 1.54) is 10.5 Å².